The minimum atomic E-state index is 0.325. The Morgan fingerprint density at radius 2 is 1.47 bits per heavy atom. The van der Waals surface area contributed by atoms with Gasteiger partial charge in [-0.2, -0.15) is 0 Å². The number of allylic oxidation sites excluding steroid dienone is 1. The Morgan fingerprint density at radius 1 is 0.941 bits per heavy atom. The number of carbonyl (C=O) groups excluding carboxylic acids is 1. The van der Waals surface area contributed by atoms with E-state index in [1.807, 2.05) is 6.08 Å². The smallest absolute Gasteiger partial charge is 0.129 e. The molecule has 0 fully saturated rings. The molecular formula is C16H32O. The molecule has 102 valence electrons. The first-order valence-corrected chi connectivity index (χ1v) is 7.29. The average Bonchev–Trinajstić information content (AvgIpc) is 2.31. The van der Waals surface area contributed by atoms with Crippen molar-refractivity contribution in [3.63, 3.8) is 0 Å². The van der Waals surface area contributed by atoms with Crippen molar-refractivity contribution in [1.29, 1.82) is 0 Å². The van der Waals surface area contributed by atoms with Crippen LogP contribution in [0, 0.1) is 0 Å². The van der Waals surface area contributed by atoms with Gasteiger partial charge >= 0.3 is 0 Å². The zero-order valence-electron chi connectivity index (χ0n) is 12.3. The van der Waals surface area contributed by atoms with Gasteiger partial charge in [0.15, 0.2) is 0 Å². The van der Waals surface area contributed by atoms with E-state index in [9.17, 15) is 4.79 Å². The summed E-state index contributed by atoms with van der Waals surface area (Å²) in [6, 6.07) is 0. The number of rotatable bonds is 10. The Morgan fingerprint density at radius 3 is 1.88 bits per heavy atom. The topological polar surface area (TPSA) is 17.1 Å². The summed E-state index contributed by atoms with van der Waals surface area (Å²) in [6.45, 7) is 9.72. The molecule has 17 heavy (non-hydrogen) atoms. The summed E-state index contributed by atoms with van der Waals surface area (Å²) in [5.74, 6) is 0.325. The standard InChI is InChI=1S/C8H16O.C8H16/c1-3-4-5-6-7-8(2)9;1-3-5-7-8-6-4-2/h3-7H2,1-2H3;3H,1,4-8H2,2H3. The van der Waals surface area contributed by atoms with Crippen molar-refractivity contribution in [3.05, 3.63) is 12.7 Å². The lowest BCUT2D eigenvalue weighted by atomic mass is 10.1. The van der Waals surface area contributed by atoms with Crippen molar-refractivity contribution >= 4 is 5.78 Å². The van der Waals surface area contributed by atoms with Crippen LogP contribution in [0.4, 0.5) is 0 Å². The van der Waals surface area contributed by atoms with Crippen molar-refractivity contribution in [1.82, 2.24) is 0 Å². The quantitative estimate of drug-likeness (QED) is 0.354. The average molecular weight is 240 g/mol. The SMILES string of the molecule is C=CCCCCCC.CCCCCCC(C)=O. The van der Waals surface area contributed by atoms with Crippen LogP contribution in [0.2, 0.25) is 0 Å². The number of hydrogen-bond donors (Lipinski definition) is 0. The first-order chi connectivity index (χ1) is 8.18. The van der Waals surface area contributed by atoms with Crippen LogP contribution in [0.1, 0.15) is 85.0 Å². The van der Waals surface area contributed by atoms with E-state index in [0.717, 1.165) is 12.8 Å². The predicted molar refractivity (Wildman–Crippen MR) is 78.4 cm³/mol. The van der Waals surface area contributed by atoms with E-state index in [4.69, 9.17) is 0 Å². The van der Waals surface area contributed by atoms with E-state index in [-0.39, 0.29) is 0 Å². The van der Waals surface area contributed by atoms with E-state index in [2.05, 4.69) is 20.4 Å². The molecule has 0 unspecified atom stereocenters. The minimum Gasteiger partial charge on any atom is -0.300 e. The maximum Gasteiger partial charge on any atom is 0.129 e. The molecule has 0 N–H and O–H groups in total. The molecule has 0 amide bonds. The van der Waals surface area contributed by atoms with E-state index in [1.165, 1.54) is 51.4 Å². The third-order valence-electron chi connectivity index (χ3n) is 2.64. The molecule has 0 aliphatic carbocycles. The van der Waals surface area contributed by atoms with E-state index < -0.39 is 0 Å². The summed E-state index contributed by atoms with van der Waals surface area (Å²) in [5, 5.41) is 0. The van der Waals surface area contributed by atoms with E-state index in [1.54, 1.807) is 6.92 Å². The van der Waals surface area contributed by atoms with Crippen molar-refractivity contribution < 1.29 is 4.79 Å². The number of unbranched alkanes of at least 4 members (excludes halogenated alkanes) is 7. The molecule has 0 rings (SSSR count). The van der Waals surface area contributed by atoms with Crippen LogP contribution in [0.3, 0.4) is 0 Å². The Labute approximate surface area is 109 Å². The second-order valence-electron chi connectivity index (χ2n) is 4.65. The molecule has 0 aliphatic rings. The van der Waals surface area contributed by atoms with Gasteiger partial charge in [-0.05, 0) is 26.2 Å². The third-order valence-corrected chi connectivity index (χ3v) is 2.64. The van der Waals surface area contributed by atoms with Crippen LogP contribution >= 0.6 is 0 Å². The largest absolute Gasteiger partial charge is 0.300 e. The van der Waals surface area contributed by atoms with Gasteiger partial charge in [-0.1, -0.05) is 58.4 Å². The van der Waals surface area contributed by atoms with Gasteiger partial charge in [-0.15, -0.1) is 6.58 Å². The monoisotopic (exact) mass is 240 g/mol. The Kier molecular flexibility index (Phi) is 19.6. The molecule has 0 saturated heterocycles. The number of hydrogen-bond acceptors (Lipinski definition) is 1. The van der Waals surface area contributed by atoms with Gasteiger partial charge in [0.25, 0.3) is 0 Å². The Hall–Kier alpha value is -0.590. The number of Topliss-reactive ketones (excluding diaryl/α,β-unsaturated/α-hetero) is 1. The number of carbonyl (C=O) groups is 1. The fourth-order valence-electron chi connectivity index (χ4n) is 1.52. The fraction of sp³-hybridized carbons (Fsp3) is 0.812. The van der Waals surface area contributed by atoms with Gasteiger partial charge in [-0.3, -0.25) is 0 Å². The van der Waals surface area contributed by atoms with Crippen LogP contribution < -0.4 is 0 Å². The van der Waals surface area contributed by atoms with Gasteiger partial charge in [0, 0.05) is 6.42 Å². The first-order valence-electron chi connectivity index (χ1n) is 7.29. The second kappa shape index (κ2) is 17.8. The molecule has 0 radical (unpaired) electrons. The van der Waals surface area contributed by atoms with Crippen LogP contribution in [-0.4, -0.2) is 5.78 Å². The second-order valence-corrected chi connectivity index (χ2v) is 4.65. The molecule has 0 aromatic rings. The van der Waals surface area contributed by atoms with Crippen molar-refractivity contribution in [2.24, 2.45) is 0 Å². The van der Waals surface area contributed by atoms with Crippen molar-refractivity contribution in [2.75, 3.05) is 0 Å². The normalized spacial score (nSPS) is 9.35. The lowest BCUT2D eigenvalue weighted by Gasteiger charge is -1.93. The fourth-order valence-corrected chi connectivity index (χ4v) is 1.52. The molecule has 1 heteroatoms. The molecule has 0 atom stereocenters. The summed E-state index contributed by atoms with van der Waals surface area (Å²) >= 11 is 0. The lowest BCUT2D eigenvalue weighted by Crippen LogP contribution is -1.88. The van der Waals surface area contributed by atoms with Gasteiger partial charge < -0.3 is 4.79 Å². The number of ketones is 1. The Bertz CT molecular complexity index is 161. The maximum absolute atomic E-state index is 10.4. The zero-order chi connectivity index (χ0) is 13.4. The lowest BCUT2D eigenvalue weighted by molar-refractivity contribution is -0.117. The summed E-state index contributed by atoms with van der Waals surface area (Å²) < 4.78 is 0. The third kappa shape index (κ3) is 25.6. The van der Waals surface area contributed by atoms with Crippen LogP contribution in [0.25, 0.3) is 0 Å². The van der Waals surface area contributed by atoms with Crippen LogP contribution in [-0.2, 0) is 4.79 Å². The summed E-state index contributed by atoms with van der Waals surface area (Å²) in [5.41, 5.74) is 0. The molecule has 0 aromatic heterocycles. The summed E-state index contributed by atoms with van der Waals surface area (Å²) in [4.78, 5) is 10.4. The highest BCUT2D eigenvalue weighted by atomic mass is 16.1. The van der Waals surface area contributed by atoms with Crippen LogP contribution in [0.15, 0.2) is 12.7 Å². The highest BCUT2D eigenvalue weighted by Gasteiger charge is 1.91. The van der Waals surface area contributed by atoms with Crippen molar-refractivity contribution in [3.8, 4) is 0 Å². The molecule has 0 saturated carbocycles. The van der Waals surface area contributed by atoms with Gasteiger partial charge in [0.05, 0.1) is 0 Å². The molecule has 0 spiro atoms. The van der Waals surface area contributed by atoms with Crippen LogP contribution in [0.5, 0.6) is 0 Å². The molecule has 0 aliphatic heterocycles. The Balaban J connectivity index is 0. The van der Waals surface area contributed by atoms with Crippen molar-refractivity contribution in [2.45, 2.75) is 85.0 Å². The van der Waals surface area contributed by atoms with E-state index in [0.29, 0.717) is 5.78 Å². The van der Waals surface area contributed by atoms with E-state index >= 15 is 0 Å². The molecule has 0 heterocycles. The molecular weight excluding hydrogens is 208 g/mol. The minimum absolute atomic E-state index is 0.325. The summed E-state index contributed by atoms with van der Waals surface area (Å²) in [6.07, 6.45) is 14.2. The molecule has 0 aromatic carbocycles. The predicted octanol–water partition coefficient (Wildman–Crippen LogP) is 5.69. The summed E-state index contributed by atoms with van der Waals surface area (Å²) in [7, 11) is 0. The highest BCUT2D eigenvalue weighted by Crippen LogP contribution is 2.02. The first kappa shape index (κ1) is 18.8. The molecule has 1 nitrogen and oxygen atoms in total. The van der Waals surface area contributed by atoms with Gasteiger partial charge in [-0.25, -0.2) is 0 Å². The van der Waals surface area contributed by atoms with Gasteiger partial charge in [0.2, 0.25) is 0 Å². The maximum atomic E-state index is 10.4. The zero-order valence-corrected chi connectivity index (χ0v) is 12.3. The molecule has 0 bridgehead atoms. The van der Waals surface area contributed by atoms with Gasteiger partial charge in [0.1, 0.15) is 5.78 Å². The highest BCUT2D eigenvalue weighted by molar-refractivity contribution is 5.75.